The summed E-state index contributed by atoms with van der Waals surface area (Å²) in [5.74, 6) is 0.222. The number of hydrogen-bond donors (Lipinski definition) is 2. The van der Waals surface area contributed by atoms with Crippen molar-refractivity contribution in [3.05, 3.63) is 81.9 Å². The van der Waals surface area contributed by atoms with Gasteiger partial charge in [0.05, 0.1) is 22.5 Å². The molecule has 0 radical (unpaired) electrons. The van der Waals surface area contributed by atoms with Crippen molar-refractivity contribution in [1.82, 2.24) is 9.55 Å². The second-order valence-electron chi connectivity index (χ2n) is 7.01. The van der Waals surface area contributed by atoms with Gasteiger partial charge in [0.1, 0.15) is 18.1 Å². The molecule has 158 valence electrons. The molecule has 0 aliphatic rings. The summed E-state index contributed by atoms with van der Waals surface area (Å²) in [5.41, 5.74) is 7.39. The van der Waals surface area contributed by atoms with Crippen molar-refractivity contribution < 1.29 is 14.6 Å². The lowest BCUT2D eigenvalue weighted by molar-refractivity contribution is 0.0995. The molecule has 3 aromatic rings. The van der Waals surface area contributed by atoms with Crippen molar-refractivity contribution in [2.45, 2.75) is 38.5 Å². The number of carbonyl (C=O) groups is 1. The van der Waals surface area contributed by atoms with E-state index in [4.69, 9.17) is 33.7 Å². The van der Waals surface area contributed by atoms with Crippen LogP contribution >= 0.6 is 23.2 Å². The van der Waals surface area contributed by atoms with E-state index in [1.165, 1.54) is 12.5 Å². The van der Waals surface area contributed by atoms with Crippen LogP contribution in [-0.2, 0) is 19.6 Å². The van der Waals surface area contributed by atoms with Crippen LogP contribution in [0.2, 0.25) is 10.0 Å². The first-order chi connectivity index (χ1) is 14.4. The zero-order chi connectivity index (χ0) is 21.5. The van der Waals surface area contributed by atoms with Gasteiger partial charge in [0, 0.05) is 12.7 Å². The van der Waals surface area contributed by atoms with E-state index in [9.17, 15) is 9.90 Å². The van der Waals surface area contributed by atoms with Gasteiger partial charge in [0.2, 0.25) is 0 Å². The van der Waals surface area contributed by atoms with E-state index in [-0.39, 0.29) is 5.69 Å². The molecule has 0 fully saturated rings. The van der Waals surface area contributed by atoms with E-state index in [1.807, 2.05) is 30.3 Å². The zero-order valence-electron chi connectivity index (χ0n) is 16.3. The molecule has 6 nitrogen and oxygen atoms in total. The first-order valence-corrected chi connectivity index (χ1v) is 10.3. The van der Waals surface area contributed by atoms with Gasteiger partial charge >= 0.3 is 0 Å². The fourth-order valence-electron chi connectivity index (χ4n) is 3.09. The van der Waals surface area contributed by atoms with E-state index in [2.05, 4.69) is 4.98 Å². The number of aryl methyl sites for hydroxylation is 1. The first-order valence-electron chi connectivity index (χ1n) is 9.56. The smallest absolute Gasteiger partial charge is 0.268 e. The Labute approximate surface area is 185 Å². The molecule has 1 amide bonds. The molecule has 2 aromatic carbocycles. The molecular weight excluding hydrogens is 425 g/mol. The molecule has 1 heterocycles. The third-order valence-electron chi connectivity index (χ3n) is 4.64. The van der Waals surface area contributed by atoms with Gasteiger partial charge < -0.3 is 20.1 Å². The summed E-state index contributed by atoms with van der Waals surface area (Å²) < 4.78 is 7.64. The van der Waals surface area contributed by atoms with E-state index < -0.39 is 12.0 Å². The van der Waals surface area contributed by atoms with Gasteiger partial charge in [0.15, 0.2) is 0 Å². The number of ether oxygens (including phenoxy) is 1. The summed E-state index contributed by atoms with van der Waals surface area (Å²) in [4.78, 5) is 15.0. The Bertz CT molecular complexity index is 1010. The number of para-hydroxylation sites is 1. The zero-order valence-corrected chi connectivity index (χ0v) is 17.8. The van der Waals surface area contributed by atoms with Crippen molar-refractivity contribution >= 4 is 29.1 Å². The second-order valence-corrected chi connectivity index (χ2v) is 7.83. The fourth-order valence-corrected chi connectivity index (χ4v) is 3.41. The lowest BCUT2D eigenvalue weighted by Crippen LogP contribution is -2.15. The quantitative estimate of drug-likeness (QED) is 0.485. The lowest BCUT2D eigenvalue weighted by atomic mass is 10.0. The van der Waals surface area contributed by atoms with Gasteiger partial charge in [-0.3, -0.25) is 4.79 Å². The van der Waals surface area contributed by atoms with Crippen LogP contribution < -0.4 is 10.5 Å². The highest BCUT2D eigenvalue weighted by Gasteiger charge is 2.10. The molecule has 1 atom stereocenters. The molecule has 3 N–H and O–H groups in total. The number of aromatic nitrogens is 2. The Morgan fingerprint density at radius 3 is 2.73 bits per heavy atom. The first kappa shape index (κ1) is 22.2. The molecule has 1 aromatic heterocycles. The second kappa shape index (κ2) is 10.5. The highest BCUT2D eigenvalue weighted by atomic mass is 35.5. The number of nitrogens with two attached hydrogens (primary N) is 1. The van der Waals surface area contributed by atoms with Crippen LogP contribution in [0, 0.1) is 0 Å². The molecule has 0 saturated carbocycles. The number of primary amides is 1. The van der Waals surface area contributed by atoms with Gasteiger partial charge in [-0.2, -0.15) is 0 Å². The average molecular weight is 448 g/mol. The molecular formula is C22H23Cl2N3O3. The number of hydrogen-bond acceptors (Lipinski definition) is 4. The van der Waals surface area contributed by atoms with Gasteiger partial charge in [-0.05, 0) is 48.6 Å². The molecule has 0 spiro atoms. The summed E-state index contributed by atoms with van der Waals surface area (Å²) in [7, 11) is 0. The van der Waals surface area contributed by atoms with Crippen LogP contribution in [0.4, 0.5) is 0 Å². The molecule has 0 aliphatic carbocycles. The number of carbonyl (C=O) groups excluding carboxylic acids is 1. The molecule has 8 heteroatoms. The van der Waals surface area contributed by atoms with Crippen molar-refractivity contribution in [3.8, 4) is 5.75 Å². The van der Waals surface area contributed by atoms with Crippen LogP contribution in [0.15, 0.2) is 55.0 Å². The summed E-state index contributed by atoms with van der Waals surface area (Å²) in [6.45, 7) is 0.745. The van der Waals surface area contributed by atoms with Crippen LogP contribution in [0.3, 0.4) is 0 Å². The highest BCUT2D eigenvalue weighted by molar-refractivity contribution is 6.42. The van der Waals surface area contributed by atoms with Crippen molar-refractivity contribution in [1.29, 1.82) is 0 Å². The van der Waals surface area contributed by atoms with Crippen molar-refractivity contribution in [3.63, 3.8) is 0 Å². The summed E-state index contributed by atoms with van der Waals surface area (Å²) in [6, 6.07) is 13.3. The van der Waals surface area contributed by atoms with Gasteiger partial charge in [0.25, 0.3) is 5.91 Å². The maximum atomic E-state index is 11.1. The van der Waals surface area contributed by atoms with Crippen LogP contribution in [0.1, 0.15) is 34.5 Å². The topological polar surface area (TPSA) is 90.4 Å². The van der Waals surface area contributed by atoms with Crippen LogP contribution in [-0.4, -0.2) is 26.7 Å². The van der Waals surface area contributed by atoms with E-state index in [0.29, 0.717) is 29.6 Å². The van der Waals surface area contributed by atoms with Gasteiger partial charge in [-0.15, -0.1) is 0 Å². The molecule has 0 aliphatic heterocycles. The van der Waals surface area contributed by atoms with Crippen LogP contribution in [0.5, 0.6) is 5.75 Å². The third kappa shape index (κ3) is 6.23. The summed E-state index contributed by atoms with van der Waals surface area (Å²) >= 11 is 12.0. The minimum Gasteiger partial charge on any atom is -0.489 e. The monoisotopic (exact) mass is 447 g/mol. The molecule has 0 bridgehead atoms. The standard InChI is InChI=1S/C22H23Cl2N3O3/c23-18-9-8-15(10-19(18)24)13-30-21-7-2-1-4-16(21)5-3-6-17(28)11-27-12-20(22(25)29)26-14-27/h1-2,4,7-10,12,14,17,28H,3,5-6,11,13H2,(H2,25,29). The van der Waals surface area contributed by atoms with E-state index in [0.717, 1.165) is 29.7 Å². The molecule has 1 unspecified atom stereocenters. The predicted octanol–water partition coefficient (Wildman–Crippen LogP) is 4.25. The largest absolute Gasteiger partial charge is 0.489 e. The number of imidazole rings is 1. The predicted molar refractivity (Wildman–Crippen MR) is 117 cm³/mol. The number of rotatable bonds is 10. The Morgan fingerprint density at radius 2 is 2.00 bits per heavy atom. The Kier molecular flexibility index (Phi) is 7.74. The Hall–Kier alpha value is -2.54. The minimum atomic E-state index is -0.583. The number of nitrogens with zero attached hydrogens (tertiary/aromatic N) is 2. The van der Waals surface area contributed by atoms with Gasteiger partial charge in [-0.25, -0.2) is 4.98 Å². The van der Waals surface area contributed by atoms with E-state index >= 15 is 0 Å². The summed E-state index contributed by atoms with van der Waals surface area (Å²) in [6.07, 6.45) is 4.64. The third-order valence-corrected chi connectivity index (χ3v) is 5.38. The number of amides is 1. The number of halogens is 2. The maximum Gasteiger partial charge on any atom is 0.268 e. The highest BCUT2D eigenvalue weighted by Crippen LogP contribution is 2.25. The SMILES string of the molecule is NC(=O)c1cn(CC(O)CCCc2ccccc2OCc2ccc(Cl)c(Cl)c2)cn1. The van der Waals surface area contributed by atoms with Crippen LogP contribution in [0.25, 0.3) is 0 Å². The molecule has 0 saturated heterocycles. The summed E-state index contributed by atoms with van der Waals surface area (Å²) in [5, 5.41) is 11.3. The average Bonchev–Trinajstić information content (AvgIpc) is 3.18. The number of aliphatic hydroxyl groups is 1. The minimum absolute atomic E-state index is 0.190. The van der Waals surface area contributed by atoms with Crippen molar-refractivity contribution in [2.75, 3.05) is 0 Å². The maximum absolute atomic E-state index is 11.1. The van der Waals surface area contributed by atoms with E-state index in [1.54, 1.807) is 16.7 Å². The molecule has 30 heavy (non-hydrogen) atoms. The Balaban J connectivity index is 1.50. The number of benzene rings is 2. The Morgan fingerprint density at radius 1 is 1.20 bits per heavy atom. The fraction of sp³-hybridized carbons (Fsp3) is 0.273. The normalized spacial score (nSPS) is 12.0. The lowest BCUT2D eigenvalue weighted by Gasteiger charge is -2.14. The van der Waals surface area contributed by atoms with Crippen molar-refractivity contribution in [2.24, 2.45) is 5.73 Å². The molecule has 3 rings (SSSR count). The number of aliphatic hydroxyl groups excluding tert-OH is 1. The van der Waals surface area contributed by atoms with Gasteiger partial charge in [-0.1, -0.05) is 47.5 Å².